The highest BCUT2D eigenvalue weighted by atomic mass is 14.4. The van der Waals surface area contributed by atoms with Crippen LogP contribution in [0.15, 0.2) is 12.2 Å². The highest BCUT2D eigenvalue weighted by molar-refractivity contribution is 5.08. The fraction of sp³-hybridized carbons (Fsp3) is 0.800. The van der Waals surface area contributed by atoms with Crippen molar-refractivity contribution in [1.82, 2.24) is 0 Å². The van der Waals surface area contributed by atoms with Gasteiger partial charge in [-0.25, -0.2) is 0 Å². The maximum Gasteiger partial charge on any atom is -0.0205 e. The summed E-state index contributed by atoms with van der Waals surface area (Å²) in [4.78, 5) is 0. The molecule has 3 aliphatic rings. The third-order valence-corrected chi connectivity index (χ3v) is 3.07. The molecule has 0 heterocycles. The number of allylic oxidation sites excluding steroid dienone is 2. The molecule has 0 aromatic carbocycles. The molecule has 56 valence electrons. The Morgan fingerprint density at radius 3 is 2.60 bits per heavy atom. The molecular weight excluding hydrogens is 120 g/mol. The van der Waals surface area contributed by atoms with Crippen LogP contribution in [0.4, 0.5) is 0 Å². The average Bonchev–Trinajstić information content (AvgIpc) is 1.87. The van der Waals surface area contributed by atoms with Crippen molar-refractivity contribution in [1.29, 1.82) is 0 Å². The molecule has 10 heavy (non-hydrogen) atoms. The van der Waals surface area contributed by atoms with Gasteiger partial charge in [0.05, 0.1) is 0 Å². The van der Waals surface area contributed by atoms with E-state index in [2.05, 4.69) is 19.1 Å². The predicted molar refractivity (Wildman–Crippen MR) is 43.8 cm³/mol. The molecule has 0 aromatic rings. The summed E-state index contributed by atoms with van der Waals surface area (Å²) in [6, 6.07) is 0. The van der Waals surface area contributed by atoms with Crippen LogP contribution in [-0.2, 0) is 0 Å². The zero-order valence-corrected chi connectivity index (χ0v) is 6.72. The minimum Gasteiger partial charge on any atom is -0.0851 e. The van der Waals surface area contributed by atoms with Gasteiger partial charge in [0.1, 0.15) is 0 Å². The Kier molecular flexibility index (Phi) is 1.55. The van der Waals surface area contributed by atoms with Crippen LogP contribution in [0, 0.1) is 17.8 Å². The third-order valence-electron chi connectivity index (χ3n) is 3.07. The lowest BCUT2D eigenvalue weighted by molar-refractivity contribution is 0.155. The zero-order chi connectivity index (χ0) is 6.97. The van der Waals surface area contributed by atoms with E-state index < -0.39 is 0 Å². The molecule has 0 N–H and O–H groups in total. The van der Waals surface area contributed by atoms with Crippen LogP contribution in [0.3, 0.4) is 0 Å². The lowest BCUT2D eigenvalue weighted by Crippen LogP contribution is -2.32. The summed E-state index contributed by atoms with van der Waals surface area (Å²) in [5.74, 6) is 3.02. The maximum absolute atomic E-state index is 2.46. The average molecular weight is 136 g/mol. The zero-order valence-electron chi connectivity index (χ0n) is 6.72. The molecule has 0 radical (unpaired) electrons. The minimum absolute atomic E-state index is 0.954. The monoisotopic (exact) mass is 136 g/mol. The Balaban J connectivity index is 1.96. The quantitative estimate of drug-likeness (QED) is 0.512. The van der Waals surface area contributed by atoms with Crippen LogP contribution < -0.4 is 0 Å². The van der Waals surface area contributed by atoms with E-state index in [1.807, 2.05) is 0 Å². The molecule has 1 fully saturated rings. The first kappa shape index (κ1) is 6.45. The van der Waals surface area contributed by atoms with Gasteiger partial charge in [-0.05, 0) is 37.0 Å². The van der Waals surface area contributed by atoms with Crippen molar-refractivity contribution in [2.75, 3.05) is 0 Å². The summed E-state index contributed by atoms with van der Waals surface area (Å²) >= 11 is 0. The summed E-state index contributed by atoms with van der Waals surface area (Å²) in [7, 11) is 0. The lowest BCUT2D eigenvalue weighted by Gasteiger charge is -2.42. The van der Waals surface area contributed by atoms with Gasteiger partial charge in [-0.2, -0.15) is 0 Å². The van der Waals surface area contributed by atoms with Crippen LogP contribution >= 0.6 is 0 Å². The van der Waals surface area contributed by atoms with Crippen molar-refractivity contribution in [3.8, 4) is 0 Å². The fourth-order valence-corrected chi connectivity index (χ4v) is 2.34. The van der Waals surface area contributed by atoms with E-state index in [9.17, 15) is 0 Å². The second-order valence-electron chi connectivity index (χ2n) is 3.83. The molecule has 1 atom stereocenters. The van der Waals surface area contributed by atoms with Crippen molar-refractivity contribution in [3.05, 3.63) is 12.2 Å². The van der Waals surface area contributed by atoms with Crippen molar-refractivity contribution in [2.24, 2.45) is 17.8 Å². The fourth-order valence-electron chi connectivity index (χ4n) is 2.34. The highest BCUT2D eigenvalue weighted by Crippen LogP contribution is 2.46. The molecular formula is C10H16. The van der Waals surface area contributed by atoms with Gasteiger partial charge in [-0.1, -0.05) is 25.5 Å². The predicted octanol–water partition coefficient (Wildman–Crippen LogP) is 3.00. The van der Waals surface area contributed by atoms with Gasteiger partial charge >= 0.3 is 0 Å². The Hall–Kier alpha value is -0.260. The van der Waals surface area contributed by atoms with Gasteiger partial charge in [-0.3, -0.25) is 0 Å². The van der Waals surface area contributed by atoms with Crippen molar-refractivity contribution >= 4 is 0 Å². The number of hydrogen-bond donors (Lipinski definition) is 0. The lowest BCUT2D eigenvalue weighted by atomic mass is 9.63. The van der Waals surface area contributed by atoms with Gasteiger partial charge in [-0.15, -0.1) is 0 Å². The second-order valence-corrected chi connectivity index (χ2v) is 3.83. The first-order valence-electron chi connectivity index (χ1n) is 4.58. The van der Waals surface area contributed by atoms with Crippen LogP contribution in [0.1, 0.15) is 32.6 Å². The Labute approximate surface area is 63.3 Å². The minimum atomic E-state index is 0.954. The van der Waals surface area contributed by atoms with Crippen molar-refractivity contribution in [2.45, 2.75) is 32.6 Å². The van der Waals surface area contributed by atoms with E-state index in [0.717, 1.165) is 17.8 Å². The summed E-state index contributed by atoms with van der Waals surface area (Å²) in [6.07, 6.45) is 10.7. The summed E-state index contributed by atoms with van der Waals surface area (Å²) in [5, 5.41) is 0. The van der Waals surface area contributed by atoms with E-state index in [4.69, 9.17) is 0 Å². The van der Waals surface area contributed by atoms with E-state index in [1.54, 1.807) is 0 Å². The molecule has 0 spiro atoms. The smallest absolute Gasteiger partial charge is 0.0205 e. The van der Waals surface area contributed by atoms with Crippen LogP contribution in [0.25, 0.3) is 0 Å². The summed E-state index contributed by atoms with van der Waals surface area (Å²) in [6.45, 7) is 2.29. The number of rotatable bonds is 2. The molecule has 3 rings (SSSR count). The van der Waals surface area contributed by atoms with Crippen molar-refractivity contribution in [3.63, 3.8) is 0 Å². The van der Waals surface area contributed by atoms with Gasteiger partial charge in [0.25, 0.3) is 0 Å². The summed E-state index contributed by atoms with van der Waals surface area (Å²) < 4.78 is 0. The Morgan fingerprint density at radius 1 is 1.30 bits per heavy atom. The molecule has 0 amide bonds. The molecule has 0 heteroatoms. The third kappa shape index (κ3) is 0.902. The molecule has 0 aliphatic heterocycles. The number of hydrogen-bond acceptors (Lipinski definition) is 0. The molecule has 0 saturated heterocycles. The van der Waals surface area contributed by atoms with Gasteiger partial charge in [0.15, 0.2) is 0 Å². The summed E-state index contributed by atoms with van der Waals surface area (Å²) in [5.41, 5.74) is 0. The first-order valence-corrected chi connectivity index (χ1v) is 4.58. The SMILES string of the molecule is CCC[C@H]1C=CC2CC1C2. The Morgan fingerprint density at radius 2 is 2.10 bits per heavy atom. The van der Waals surface area contributed by atoms with E-state index in [1.165, 1.54) is 25.7 Å². The van der Waals surface area contributed by atoms with Crippen LogP contribution in [0.2, 0.25) is 0 Å². The first-order chi connectivity index (χ1) is 4.90. The Bertz CT molecular complexity index is 140. The largest absolute Gasteiger partial charge is 0.0851 e. The molecule has 0 nitrogen and oxygen atoms in total. The highest BCUT2D eigenvalue weighted by Gasteiger charge is 2.35. The second kappa shape index (κ2) is 2.41. The normalized spacial score (nSPS) is 43.1. The molecule has 0 aromatic heterocycles. The standard InChI is InChI=1S/C10H16/c1-2-3-9-5-4-8-6-10(9)7-8/h4-5,8-10H,2-3,6-7H2,1H3/t8?,9-,10?/m0/s1. The maximum atomic E-state index is 2.46. The van der Waals surface area contributed by atoms with Gasteiger partial charge < -0.3 is 0 Å². The molecule has 1 saturated carbocycles. The number of fused-ring (bicyclic) bond motifs is 1. The van der Waals surface area contributed by atoms with Gasteiger partial charge in [0, 0.05) is 0 Å². The van der Waals surface area contributed by atoms with E-state index in [0.29, 0.717) is 0 Å². The van der Waals surface area contributed by atoms with E-state index >= 15 is 0 Å². The molecule has 2 bridgehead atoms. The van der Waals surface area contributed by atoms with Crippen molar-refractivity contribution < 1.29 is 0 Å². The van der Waals surface area contributed by atoms with E-state index in [-0.39, 0.29) is 0 Å². The molecule has 0 unspecified atom stereocenters. The van der Waals surface area contributed by atoms with Crippen LogP contribution in [-0.4, -0.2) is 0 Å². The van der Waals surface area contributed by atoms with Crippen LogP contribution in [0.5, 0.6) is 0 Å². The van der Waals surface area contributed by atoms with Gasteiger partial charge in [0.2, 0.25) is 0 Å². The topological polar surface area (TPSA) is 0 Å². The molecule has 3 aliphatic carbocycles.